The maximum atomic E-state index is 12.1. The molecule has 7 nitrogen and oxygen atoms in total. The van der Waals surface area contributed by atoms with Gasteiger partial charge in [-0.3, -0.25) is 4.79 Å². The van der Waals surface area contributed by atoms with Gasteiger partial charge in [0.1, 0.15) is 5.69 Å². The minimum Gasteiger partial charge on any atom is -0.384 e. The van der Waals surface area contributed by atoms with Crippen LogP contribution in [0.15, 0.2) is 47.5 Å². The molecule has 0 radical (unpaired) electrons. The van der Waals surface area contributed by atoms with Gasteiger partial charge in [0.25, 0.3) is 5.91 Å². The van der Waals surface area contributed by atoms with Crippen LogP contribution in [0.25, 0.3) is 0 Å². The monoisotopic (exact) mass is 376 g/mol. The summed E-state index contributed by atoms with van der Waals surface area (Å²) in [6.07, 6.45) is 2.22. The average molecular weight is 376 g/mol. The van der Waals surface area contributed by atoms with Gasteiger partial charge in [0, 0.05) is 13.1 Å². The third kappa shape index (κ3) is 6.12. The highest BCUT2D eigenvalue weighted by atomic mass is 32.2. The van der Waals surface area contributed by atoms with Gasteiger partial charge in [-0.05, 0) is 42.2 Å². The zero-order valence-electron chi connectivity index (χ0n) is 14.9. The van der Waals surface area contributed by atoms with Gasteiger partial charge in [-0.2, -0.15) is 0 Å². The van der Waals surface area contributed by atoms with Crippen molar-refractivity contribution >= 4 is 21.6 Å². The Morgan fingerprint density at radius 2 is 1.85 bits per heavy atom. The molecule has 0 saturated carbocycles. The minimum atomic E-state index is -3.69. The van der Waals surface area contributed by atoms with Crippen molar-refractivity contribution in [2.45, 2.75) is 25.2 Å². The van der Waals surface area contributed by atoms with Gasteiger partial charge in [0.2, 0.25) is 10.0 Å². The molecule has 0 unspecified atom stereocenters. The summed E-state index contributed by atoms with van der Waals surface area (Å²) >= 11 is 0. The molecule has 2 rings (SSSR count). The molecule has 26 heavy (non-hydrogen) atoms. The van der Waals surface area contributed by atoms with Crippen LogP contribution < -0.4 is 15.8 Å². The van der Waals surface area contributed by atoms with Gasteiger partial charge < -0.3 is 10.6 Å². The molecule has 0 atom stereocenters. The number of carbonyl (C=O) groups is 1. The van der Waals surface area contributed by atoms with E-state index < -0.39 is 10.0 Å². The van der Waals surface area contributed by atoms with E-state index in [2.05, 4.69) is 29.5 Å². The van der Waals surface area contributed by atoms with Crippen LogP contribution in [0.2, 0.25) is 0 Å². The number of amides is 1. The fraction of sp³-hybridized carbons (Fsp3) is 0.333. The topological polar surface area (TPSA) is 114 Å². The first-order valence-corrected chi connectivity index (χ1v) is 9.90. The van der Waals surface area contributed by atoms with Gasteiger partial charge in [-0.15, -0.1) is 0 Å². The van der Waals surface area contributed by atoms with Crippen LogP contribution in [-0.2, 0) is 16.4 Å². The predicted molar refractivity (Wildman–Crippen MR) is 101 cm³/mol. The predicted octanol–water partition coefficient (Wildman–Crippen LogP) is 1.77. The largest absolute Gasteiger partial charge is 0.384 e. The summed E-state index contributed by atoms with van der Waals surface area (Å²) in [6, 6.07) is 9.78. The summed E-state index contributed by atoms with van der Waals surface area (Å²) in [4.78, 5) is 16.3. The number of hydrogen-bond donors (Lipinski definition) is 3. The number of carbonyl (C=O) groups excluding carboxylic acids is 1. The summed E-state index contributed by atoms with van der Waals surface area (Å²) in [5.74, 6) is 0.276. The first-order chi connectivity index (χ1) is 12.3. The summed E-state index contributed by atoms with van der Waals surface area (Å²) in [5.41, 5.74) is 2.13. The van der Waals surface area contributed by atoms with Crippen molar-refractivity contribution in [3.05, 3.63) is 53.9 Å². The first kappa shape index (κ1) is 19.9. The normalized spacial score (nSPS) is 11.4. The van der Waals surface area contributed by atoms with Crippen molar-refractivity contribution < 1.29 is 13.2 Å². The molecule has 0 spiro atoms. The third-order valence-corrected chi connectivity index (χ3v) is 4.59. The molecule has 1 aromatic carbocycles. The van der Waals surface area contributed by atoms with Crippen LogP contribution in [0.5, 0.6) is 0 Å². The Morgan fingerprint density at radius 3 is 2.38 bits per heavy atom. The van der Waals surface area contributed by atoms with Gasteiger partial charge >= 0.3 is 0 Å². The number of nitrogens with two attached hydrogens (primary N) is 1. The molecule has 0 aliphatic rings. The molecule has 0 fully saturated rings. The number of nitrogens with zero attached hydrogens (tertiary/aromatic N) is 1. The second-order valence-corrected chi connectivity index (χ2v) is 7.96. The number of nitrogens with one attached hydrogen (secondary N) is 2. The van der Waals surface area contributed by atoms with E-state index in [1.807, 2.05) is 6.07 Å². The standard InChI is InChI=1S/C18H24N4O3S/c1-13(2)11-21-15-5-8-17(22-12-15)18(23)20-10-9-14-3-6-16(7-4-14)26(19,24)25/h3-8,12-13,21H,9-11H2,1-2H3,(H,20,23)(H2,19,24,25). The Morgan fingerprint density at radius 1 is 1.15 bits per heavy atom. The highest BCUT2D eigenvalue weighted by molar-refractivity contribution is 7.89. The molecule has 4 N–H and O–H groups in total. The fourth-order valence-electron chi connectivity index (χ4n) is 2.21. The van der Waals surface area contributed by atoms with Gasteiger partial charge in [-0.1, -0.05) is 26.0 Å². The van der Waals surface area contributed by atoms with Crippen LogP contribution in [0.3, 0.4) is 0 Å². The van der Waals surface area contributed by atoms with Crippen LogP contribution in [0.1, 0.15) is 29.9 Å². The number of aromatic nitrogens is 1. The summed E-state index contributed by atoms with van der Waals surface area (Å²) < 4.78 is 22.4. The summed E-state index contributed by atoms with van der Waals surface area (Å²) in [6.45, 7) is 5.50. The lowest BCUT2D eigenvalue weighted by atomic mass is 10.1. The van der Waals surface area contributed by atoms with Crippen molar-refractivity contribution in [1.82, 2.24) is 10.3 Å². The lowest BCUT2D eigenvalue weighted by Gasteiger charge is -2.09. The number of benzene rings is 1. The number of primary sulfonamides is 1. The van der Waals surface area contributed by atoms with Crippen molar-refractivity contribution in [2.24, 2.45) is 11.1 Å². The van der Waals surface area contributed by atoms with Crippen molar-refractivity contribution in [2.75, 3.05) is 18.4 Å². The van der Waals surface area contributed by atoms with E-state index in [0.29, 0.717) is 24.6 Å². The van der Waals surface area contributed by atoms with Crippen LogP contribution in [0, 0.1) is 5.92 Å². The van der Waals surface area contributed by atoms with E-state index in [9.17, 15) is 13.2 Å². The molecule has 8 heteroatoms. The molecule has 2 aromatic rings. The maximum absolute atomic E-state index is 12.1. The Balaban J connectivity index is 1.83. The molecule has 0 saturated heterocycles. The molecular weight excluding hydrogens is 352 g/mol. The third-order valence-electron chi connectivity index (χ3n) is 3.66. The van der Waals surface area contributed by atoms with Crippen LogP contribution in [-0.4, -0.2) is 32.4 Å². The van der Waals surface area contributed by atoms with E-state index >= 15 is 0 Å². The highest BCUT2D eigenvalue weighted by Gasteiger charge is 2.08. The molecular formula is C18H24N4O3S. The van der Waals surface area contributed by atoms with Crippen molar-refractivity contribution in [3.63, 3.8) is 0 Å². The molecule has 140 valence electrons. The van der Waals surface area contributed by atoms with Gasteiger partial charge in [-0.25, -0.2) is 18.5 Å². The quantitative estimate of drug-likeness (QED) is 0.650. The van der Waals surface area contributed by atoms with Gasteiger partial charge in [0.15, 0.2) is 0 Å². The Labute approximate surface area is 154 Å². The molecule has 0 aliphatic heterocycles. The minimum absolute atomic E-state index is 0.0700. The second-order valence-electron chi connectivity index (χ2n) is 6.40. The van der Waals surface area contributed by atoms with E-state index in [1.165, 1.54) is 12.1 Å². The van der Waals surface area contributed by atoms with Crippen molar-refractivity contribution in [3.8, 4) is 0 Å². The van der Waals surface area contributed by atoms with Crippen molar-refractivity contribution in [1.29, 1.82) is 0 Å². The van der Waals surface area contributed by atoms with E-state index in [0.717, 1.165) is 17.8 Å². The maximum Gasteiger partial charge on any atom is 0.269 e. The van der Waals surface area contributed by atoms with Gasteiger partial charge in [0.05, 0.1) is 16.8 Å². The molecule has 1 heterocycles. The Bertz CT molecular complexity index is 832. The molecule has 0 aliphatic carbocycles. The fourth-order valence-corrected chi connectivity index (χ4v) is 2.73. The zero-order chi connectivity index (χ0) is 19.2. The lowest BCUT2D eigenvalue weighted by molar-refractivity contribution is 0.0949. The smallest absolute Gasteiger partial charge is 0.269 e. The van der Waals surface area contributed by atoms with Crippen LogP contribution in [0.4, 0.5) is 5.69 Å². The molecule has 1 amide bonds. The number of anilines is 1. The van der Waals surface area contributed by atoms with E-state index in [4.69, 9.17) is 5.14 Å². The van der Waals surface area contributed by atoms with E-state index in [-0.39, 0.29) is 10.8 Å². The number of pyridine rings is 1. The van der Waals surface area contributed by atoms with Crippen LogP contribution >= 0.6 is 0 Å². The number of sulfonamides is 1. The highest BCUT2D eigenvalue weighted by Crippen LogP contribution is 2.09. The van der Waals surface area contributed by atoms with E-state index in [1.54, 1.807) is 24.4 Å². The number of rotatable bonds is 8. The second kappa shape index (κ2) is 8.77. The Kier molecular flexibility index (Phi) is 6.70. The zero-order valence-corrected chi connectivity index (χ0v) is 15.7. The first-order valence-electron chi connectivity index (χ1n) is 8.35. The Hall–Kier alpha value is -2.45. The SMILES string of the molecule is CC(C)CNc1ccc(C(=O)NCCc2ccc(S(N)(=O)=O)cc2)nc1. The molecule has 0 bridgehead atoms. The lowest BCUT2D eigenvalue weighted by Crippen LogP contribution is -2.26. The summed E-state index contributed by atoms with van der Waals surface area (Å²) in [7, 11) is -3.69. The molecule has 1 aromatic heterocycles. The summed E-state index contributed by atoms with van der Waals surface area (Å²) in [5, 5.41) is 11.1. The number of hydrogen-bond acceptors (Lipinski definition) is 5. The average Bonchev–Trinajstić information content (AvgIpc) is 2.60.